The summed E-state index contributed by atoms with van der Waals surface area (Å²) in [5.41, 5.74) is 0. The summed E-state index contributed by atoms with van der Waals surface area (Å²) in [6, 6.07) is -0.154. The second-order valence-corrected chi connectivity index (χ2v) is 3.47. The van der Waals surface area contributed by atoms with Crippen molar-refractivity contribution in [1.29, 1.82) is 0 Å². The average molecular weight is 200 g/mol. The normalized spacial score (nSPS) is 27.8. The lowest BCUT2D eigenvalue weighted by Gasteiger charge is -2.30. The van der Waals surface area contributed by atoms with Crippen molar-refractivity contribution in [3.8, 4) is 0 Å². The van der Waals surface area contributed by atoms with Gasteiger partial charge in [0.05, 0.1) is 0 Å². The predicted octanol–water partition coefficient (Wildman–Crippen LogP) is -0.0255. The van der Waals surface area contributed by atoms with Gasteiger partial charge < -0.3 is 10.6 Å². The summed E-state index contributed by atoms with van der Waals surface area (Å²) in [4.78, 5) is 22.5. The van der Waals surface area contributed by atoms with E-state index >= 15 is 0 Å². The molecular weight excluding hydrogens is 188 g/mol. The van der Waals surface area contributed by atoms with Crippen molar-refractivity contribution in [1.82, 2.24) is 10.6 Å². The van der Waals surface area contributed by atoms with Gasteiger partial charge in [0.1, 0.15) is 11.7 Å². The van der Waals surface area contributed by atoms with Gasteiger partial charge in [-0.3, -0.25) is 9.59 Å². The van der Waals surface area contributed by atoms with Crippen LogP contribution in [0.15, 0.2) is 0 Å². The summed E-state index contributed by atoms with van der Waals surface area (Å²) < 4.78 is 0. The highest BCUT2D eigenvalue weighted by Gasteiger charge is 2.35. The van der Waals surface area contributed by atoms with Crippen LogP contribution in [0.25, 0.3) is 0 Å². The summed E-state index contributed by atoms with van der Waals surface area (Å²) in [7, 11) is 0. The van der Waals surface area contributed by atoms with Crippen molar-refractivity contribution >= 4 is 29.0 Å². The zero-order valence-electron chi connectivity index (χ0n) is 7.59. The van der Waals surface area contributed by atoms with Crippen LogP contribution in [0.4, 0.5) is 0 Å². The first-order valence-electron chi connectivity index (χ1n) is 4.18. The van der Waals surface area contributed by atoms with E-state index in [0.717, 1.165) is 0 Å². The zero-order chi connectivity index (χ0) is 10.0. The second-order valence-electron chi connectivity index (χ2n) is 3.07. The molecule has 1 rings (SSSR count). The van der Waals surface area contributed by atoms with Gasteiger partial charge in [-0.2, -0.15) is 0 Å². The number of rotatable bonds is 2. The molecule has 0 aromatic heterocycles. The van der Waals surface area contributed by atoms with Gasteiger partial charge in [0.25, 0.3) is 0 Å². The average Bonchev–Trinajstić information content (AvgIpc) is 2.01. The van der Waals surface area contributed by atoms with E-state index < -0.39 is 5.92 Å². The van der Waals surface area contributed by atoms with Crippen molar-refractivity contribution < 1.29 is 9.59 Å². The van der Waals surface area contributed by atoms with Gasteiger partial charge in [-0.15, -0.1) is 0 Å². The fourth-order valence-corrected chi connectivity index (χ4v) is 1.72. The first-order valence-corrected chi connectivity index (χ1v) is 4.59. The molecule has 72 valence electrons. The molecule has 13 heavy (non-hydrogen) atoms. The molecule has 0 saturated carbocycles. The Morgan fingerprint density at radius 3 is 2.69 bits per heavy atom. The van der Waals surface area contributed by atoms with Crippen LogP contribution in [-0.4, -0.2) is 22.8 Å². The van der Waals surface area contributed by atoms with Crippen molar-refractivity contribution in [3.63, 3.8) is 0 Å². The summed E-state index contributed by atoms with van der Waals surface area (Å²) in [5, 5.41) is 5.66. The molecule has 0 aromatic rings. The smallest absolute Gasteiger partial charge is 0.238 e. The number of ketones is 1. The molecule has 1 amide bonds. The Hall–Kier alpha value is -0.970. The fourth-order valence-electron chi connectivity index (χ4n) is 1.47. The number of carbonyl (C=O) groups is 2. The molecule has 0 bridgehead atoms. The Kier molecular flexibility index (Phi) is 2.98. The third-order valence-electron chi connectivity index (χ3n) is 2.12. The molecule has 1 aliphatic heterocycles. The highest BCUT2D eigenvalue weighted by molar-refractivity contribution is 7.80. The van der Waals surface area contributed by atoms with E-state index in [1.165, 1.54) is 6.92 Å². The lowest BCUT2D eigenvalue weighted by atomic mass is 9.91. The van der Waals surface area contributed by atoms with E-state index in [4.69, 9.17) is 12.2 Å². The first-order chi connectivity index (χ1) is 6.06. The number of carbonyl (C=O) groups excluding carboxylic acids is 2. The molecular formula is C8H12N2O2S. The lowest BCUT2D eigenvalue weighted by Crippen LogP contribution is -2.59. The maximum absolute atomic E-state index is 11.4. The first kappa shape index (κ1) is 10.1. The number of hydrogen-bond donors (Lipinski definition) is 2. The van der Waals surface area contributed by atoms with Gasteiger partial charge in [-0.1, -0.05) is 6.92 Å². The van der Waals surface area contributed by atoms with E-state index in [-0.39, 0.29) is 17.7 Å². The van der Waals surface area contributed by atoms with Crippen LogP contribution in [0, 0.1) is 5.92 Å². The lowest BCUT2D eigenvalue weighted by molar-refractivity contribution is -0.133. The zero-order valence-corrected chi connectivity index (χ0v) is 8.40. The molecule has 5 heteroatoms. The largest absolute Gasteiger partial charge is 0.358 e. The van der Waals surface area contributed by atoms with Gasteiger partial charge >= 0.3 is 0 Å². The number of hydrogen-bond acceptors (Lipinski definition) is 3. The number of thiocarbonyl (C=S) groups is 1. The molecule has 0 unspecified atom stereocenters. The minimum absolute atomic E-state index is 0.126. The van der Waals surface area contributed by atoms with Gasteiger partial charge in [0, 0.05) is 6.04 Å². The van der Waals surface area contributed by atoms with E-state index in [2.05, 4.69) is 10.6 Å². The quantitative estimate of drug-likeness (QED) is 0.485. The Balaban J connectivity index is 2.84. The van der Waals surface area contributed by atoms with E-state index in [0.29, 0.717) is 11.5 Å². The highest BCUT2D eigenvalue weighted by Crippen LogP contribution is 2.12. The van der Waals surface area contributed by atoms with Crippen LogP contribution in [-0.2, 0) is 9.59 Å². The number of nitrogens with one attached hydrogen (secondary N) is 2. The summed E-state index contributed by atoms with van der Waals surface area (Å²) in [6.45, 7) is 3.33. The SMILES string of the molecule is CC[C@H]1NC(=S)NC(=O)[C@H]1C(C)=O. The van der Waals surface area contributed by atoms with Crippen LogP contribution in [0.5, 0.6) is 0 Å². The Morgan fingerprint density at radius 1 is 1.62 bits per heavy atom. The highest BCUT2D eigenvalue weighted by atomic mass is 32.1. The second kappa shape index (κ2) is 3.83. The van der Waals surface area contributed by atoms with Gasteiger partial charge in [-0.05, 0) is 25.6 Å². The van der Waals surface area contributed by atoms with Crippen LogP contribution >= 0.6 is 12.2 Å². The van der Waals surface area contributed by atoms with Crippen molar-refractivity contribution in [2.24, 2.45) is 5.92 Å². The molecule has 1 heterocycles. The molecule has 2 N–H and O–H groups in total. The van der Waals surface area contributed by atoms with E-state index in [1.807, 2.05) is 6.92 Å². The van der Waals surface area contributed by atoms with Crippen LogP contribution in [0.3, 0.4) is 0 Å². The van der Waals surface area contributed by atoms with E-state index in [9.17, 15) is 9.59 Å². The van der Waals surface area contributed by atoms with E-state index in [1.54, 1.807) is 0 Å². The Bertz CT molecular complexity index is 265. The molecule has 0 aliphatic carbocycles. The summed E-state index contributed by atoms with van der Waals surface area (Å²) in [5.74, 6) is -1.01. The van der Waals surface area contributed by atoms with Gasteiger partial charge in [0.15, 0.2) is 5.11 Å². The van der Waals surface area contributed by atoms with Crippen LogP contribution in [0.1, 0.15) is 20.3 Å². The molecule has 2 atom stereocenters. The molecule has 0 spiro atoms. The van der Waals surface area contributed by atoms with Crippen molar-refractivity contribution in [2.45, 2.75) is 26.3 Å². The molecule has 4 nitrogen and oxygen atoms in total. The van der Waals surface area contributed by atoms with Crippen LogP contribution < -0.4 is 10.6 Å². The number of amides is 1. The summed E-state index contributed by atoms with van der Waals surface area (Å²) >= 11 is 4.81. The molecule has 1 saturated heterocycles. The third kappa shape index (κ3) is 2.03. The monoisotopic (exact) mass is 200 g/mol. The maximum atomic E-state index is 11.4. The molecule has 1 aliphatic rings. The van der Waals surface area contributed by atoms with Crippen molar-refractivity contribution in [3.05, 3.63) is 0 Å². The predicted molar refractivity (Wildman–Crippen MR) is 52.1 cm³/mol. The standard InChI is InChI=1S/C8H12N2O2S/c1-3-5-6(4(2)11)7(12)10-8(13)9-5/h5-6H,3H2,1-2H3,(H2,9,10,12,13)/t5-,6+/m1/s1. The van der Waals surface area contributed by atoms with Crippen molar-refractivity contribution in [2.75, 3.05) is 0 Å². The van der Waals surface area contributed by atoms with Gasteiger partial charge in [-0.25, -0.2) is 0 Å². The number of Topliss-reactive ketones (excluding diaryl/α,β-unsaturated/α-hetero) is 1. The summed E-state index contributed by atoms with van der Waals surface area (Å²) in [6.07, 6.45) is 0.706. The topological polar surface area (TPSA) is 58.2 Å². The fraction of sp³-hybridized carbons (Fsp3) is 0.625. The minimum atomic E-state index is -0.600. The maximum Gasteiger partial charge on any atom is 0.238 e. The third-order valence-corrected chi connectivity index (χ3v) is 2.34. The van der Waals surface area contributed by atoms with Gasteiger partial charge in [0.2, 0.25) is 5.91 Å². The molecule has 1 fully saturated rings. The molecule has 0 aromatic carbocycles. The minimum Gasteiger partial charge on any atom is -0.358 e. The van der Waals surface area contributed by atoms with Crippen LogP contribution in [0.2, 0.25) is 0 Å². The molecule has 0 radical (unpaired) electrons. The Morgan fingerprint density at radius 2 is 2.23 bits per heavy atom. The Labute approximate surface area is 82.1 Å².